The van der Waals surface area contributed by atoms with Crippen molar-refractivity contribution in [2.45, 2.75) is 32.1 Å². The minimum absolute atomic E-state index is 0.0407. The van der Waals surface area contributed by atoms with Crippen LogP contribution in [0.5, 0.6) is 0 Å². The molecule has 1 aliphatic rings. The minimum Gasteiger partial charge on any atom is -0.295 e. The van der Waals surface area contributed by atoms with E-state index in [4.69, 9.17) is 0 Å². The van der Waals surface area contributed by atoms with Crippen LogP contribution in [0.4, 0.5) is 4.39 Å². The summed E-state index contributed by atoms with van der Waals surface area (Å²) in [5.41, 5.74) is 5.78. The summed E-state index contributed by atoms with van der Waals surface area (Å²) in [7, 11) is 0. The molecule has 24 heavy (non-hydrogen) atoms. The summed E-state index contributed by atoms with van der Waals surface area (Å²) in [5, 5.41) is 0. The molecule has 0 radical (unpaired) electrons. The summed E-state index contributed by atoms with van der Waals surface area (Å²) < 4.78 is 14.6. The summed E-state index contributed by atoms with van der Waals surface area (Å²) in [6.45, 7) is 0. The van der Waals surface area contributed by atoms with E-state index >= 15 is 0 Å². The molecule has 1 aromatic heterocycles. The van der Waals surface area contributed by atoms with Gasteiger partial charge in [0.1, 0.15) is 11.5 Å². The maximum atomic E-state index is 13.0. The Balaban J connectivity index is 1.64. The molecule has 7 heteroatoms. The highest BCUT2D eigenvalue weighted by Crippen LogP contribution is 2.23. The van der Waals surface area contributed by atoms with E-state index in [0.29, 0.717) is 5.69 Å². The van der Waals surface area contributed by atoms with E-state index in [9.17, 15) is 14.0 Å². The number of hydrogen-bond donors (Lipinski definition) is 2. The second-order valence-electron chi connectivity index (χ2n) is 5.90. The number of amides is 2. The number of imidazole rings is 1. The molecule has 2 aromatic rings. The van der Waals surface area contributed by atoms with Crippen LogP contribution in [-0.2, 0) is 4.79 Å². The monoisotopic (exact) mass is 330 g/mol. The number of benzene rings is 1. The van der Waals surface area contributed by atoms with Crippen LogP contribution in [0.25, 0.3) is 5.69 Å². The van der Waals surface area contributed by atoms with Crippen LogP contribution in [0.1, 0.15) is 42.6 Å². The molecule has 0 spiro atoms. The van der Waals surface area contributed by atoms with Crippen LogP contribution in [0.3, 0.4) is 0 Å². The standard InChI is InChI=1S/C17H19FN4O2/c18-13-6-8-14(9-7-13)22-11-19-10-15(22)17(24)21-20-16(23)12-4-2-1-3-5-12/h6-12H,1-5H2,(H,20,23)(H,21,24). The molecule has 2 N–H and O–H groups in total. The fraction of sp³-hybridized carbons (Fsp3) is 0.353. The Kier molecular flexibility index (Phi) is 4.88. The Morgan fingerprint density at radius 2 is 1.79 bits per heavy atom. The van der Waals surface area contributed by atoms with Gasteiger partial charge in [0.15, 0.2) is 0 Å². The fourth-order valence-electron chi connectivity index (χ4n) is 2.92. The highest BCUT2D eigenvalue weighted by Gasteiger charge is 2.22. The van der Waals surface area contributed by atoms with E-state index in [2.05, 4.69) is 15.8 Å². The smallest absolute Gasteiger partial charge is 0.288 e. The third-order valence-corrected chi connectivity index (χ3v) is 4.25. The van der Waals surface area contributed by atoms with Gasteiger partial charge in [0.05, 0.1) is 12.5 Å². The van der Waals surface area contributed by atoms with Crippen molar-refractivity contribution in [1.82, 2.24) is 20.4 Å². The highest BCUT2D eigenvalue weighted by molar-refractivity contribution is 5.94. The predicted molar refractivity (Wildman–Crippen MR) is 85.7 cm³/mol. The Morgan fingerprint density at radius 3 is 2.50 bits per heavy atom. The second-order valence-corrected chi connectivity index (χ2v) is 5.90. The zero-order valence-electron chi connectivity index (χ0n) is 13.2. The van der Waals surface area contributed by atoms with Gasteiger partial charge in [-0.1, -0.05) is 19.3 Å². The van der Waals surface area contributed by atoms with Crippen molar-refractivity contribution in [3.63, 3.8) is 0 Å². The van der Waals surface area contributed by atoms with E-state index in [0.717, 1.165) is 32.1 Å². The molecule has 1 aromatic carbocycles. The van der Waals surface area contributed by atoms with Gasteiger partial charge in [0.25, 0.3) is 5.91 Å². The normalized spacial score (nSPS) is 15.0. The highest BCUT2D eigenvalue weighted by atomic mass is 19.1. The number of aromatic nitrogens is 2. The molecular weight excluding hydrogens is 311 g/mol. The molecule has 6 nitrogen and oxygen atoms in total. The summed E-state index contributed by atoms with van der Waals surface area (Å²) in [5.74, 6) is -1.03. The molecule has 0 atom stereocenters. The lowest BCUT2D eigenvalue weighted by Crippen LogP contribution is -2.45. The van der Waals surface area contributed by atoms with Gasteiger partial charge in [0.2, 0.25) is 5.91 Å². The average Bonchev–Trinajstić information content (AvgIpc) is 3.10. The first-order valence-corrected chi connectivity index (χ1v) is 8.03. The molecule has 1 heterocycles. The molecule has 0 unspecified atom stereocenters. The van der Waals surface area contributed by atoms with Gasteiger partial charge in [-0.3, -0.25) is 25.0 Å². The Labute approximate surface area is 139 Å². The third kappa shape index (κ3) is 3.61. The van der Waals surface area contributed by atoms with Gasteiger partial charge in [0, 0.05) is 11.6 Å². The number of nitrogens with one attached hydrogen (secondary N) is 2. The Hall–Kier alpha value is -2.70. The zero-order valence-corrected chi connectivity index (χ0v) is 13.2. The Morgan fingerprint density at radius 1 is 1.08 bits per heavy atom. The van der Waals surface area contributed by atoms with Crippen molar-refractivity contribution in [2.24, 2.45) is 5.92 Å². The molecule has 1 saturated carbocycles. The van der Waals surface area contributed by atoms with Crippen molar-refractivity contribution in [3.8, 4) is 5.69 Å². The SMILES string of the molecule is O=C(NNC(=O)C1CCCCC1)c1cncn1-c1ccc(F)cc1. The number of halogens is 1. The van der Waals surface area contributed by atoms with Crippen molar-refractivity contribution >= 4 is 11.8 Å². The lowest BCUT2D eigenvalue weighted by Gasteiger charge is -2.20. The minimum atomic E-state index is -0.471. The summed E-state index contributed by atoms with van der Waals surface area (Å²) >= 11 is 0. The predicted octanol–water partition coefficient (Wildman–Crippen LogP) is 2.35. The van der Waals surface area contributed by atoms with Crippen LogP contribution < -0.4 is 10.9 Å². The lowest BCUT2D eigenvalue weighted by molar-refractivity contribution is -0.126. The fourth-order valence-corrected chi connectivity index (χ4v) is 2.92. The third-order valence-electron chi connectivity index (χ3n) is 4.25. The van der Waals surface area contributed by atoms with Crippen LogP contribution in [0.15, 0.2) is 36.8 Å². The topological polar surface area (TPSA) is 76.0 Å². The van der Waals surface area contributed by atoms with Gasteiger partial charge in [-0.15, -0.1) is 0 Å². The summed E-state index contributed by atoms with van der Waals surface area (Å²) in [6, 6.07) is 5.71. The number of carbonyl (C=O) groups excluding carboxylic acids is 2. The maximum absolute atomic E-state index is 13.0. The first-order valence-electron chi connectivity index (χ1n) is 8.03. The van der Waals surface area contributed by atoms with E-state index in [-0.39, 0.29) is 23.3 Å². The van der Waals surface area contributed by atoms with Gasteiger partial charge >= 0.3 is 0 Å². The van der Waals surface area contributed by atoms with Crippen molar-refractivity contribution < 1.29 is 14.0 Å². The molecule has 1 fully saturated rings. The first-order chi connectivity index (χ1) is 11.6. The van der Waals surface area contributed by atoms with Crippen molar-refractivity contribution in [1.29, 1.82) is 0 Å². The molecule has 0 bridgehead atoms. The molecule has 0 aliphatic heterocycles. The van der Waals surface area contributed by atoms with E-state index in [1.807, 2.05) is 0 Å². The van der Waals surface area contributed by atoms with Crippen molar-refractivity contribution in [3.05, 3.63) is 48.3 Å². The molecule has 126 valence electrons. The maximum Gasteiger partial charge on any atom is 0.288 e. The first kappa shape index (κ1) is 16.2. The van der Waals surface area contributed by atoms with Gasteiger partial charge in [-0.2, -0.15) is 0 Å². The van der Waals surface area contributed by atoms with Gasteiger partial charge in [-0.05, 0) is 37.1 Å². The van der Waals surface area contributed by atoms with Crippen LogP contribution >= 0.6 is 0 Å². The second kappa shape index (κ2) is 7.25. The molecular formula is C17H19FN4O2. The van der Waals surface area contributed by atoms with Gasteiger partial charge in [-0.25, -0.2) is 9.37 Å². The molecule has 1 aliphatic carbocycles. The van der Waals surface area contributed by atoms with Gasteiger partial charge < -0.3 is 0 Å². The summed E-state index contributed by atoms with van der Waals surface area (Å²) in [4.78, 5) is 28.3. The lowest BCUT2D eigenvalue weighted by atomic mass is 9.89. The Bertz CT molecular complexity index is 720. The number of nitrogens with zero attached hydrogens (tertiary/aromatic N) is 2. The molecule has 0 saturated heterocycles. The quantitative estimate of drug-likeness (QED) is 0.848. The largest absolute Gasteiger partial charge is 0.295 e. The van der Waals surface area contributed by atoms with Crippen LogP contribution in [0.2, 0.25) is 0 Å². The van der Waals surface area contributed by atoms with E-state index < -0.39 is 5.91 Å². The number of rotatable bonds is 3. The van der Waals surface area contributed by atoms with Crippen LogP contribution in [0, 0.1) is 11.7 Å². The molecule has 2 amide bonds. The zero-order chi connectivity index (χ0) is 16.9. The van der Waals surface area contributed by atoms with E-state index in [1.165, 1.54) is 29.2 Å². The number of hydrogen-bond acceptors (Lipinski definition) is 3. The van der Waals surface area contributed by atoms with Crippen molar-refractivity contribution in [2.75, 3.05) is 0 Å². The van der Waals surface area contributed by atoms with E-state index in [1.54, 1.807) is 12.1 Å². The molecule has 3 rings (SSSR count). The number of carbonyl (C=O) groups is 2. The van der Waals surface area contributed by atoms with Crippen LogP contribution in [-0.4, -0.2) is 21.4 Å². The average molecular weight is 330 g/mol. The summed E-state index contributed by atoms with van der Waals surface area (Å²) in [6.07, 6.45) is 7.82. The number of hydrazine groups is 1.